The van der Waals surface area contributed by atoms with Gasteiger partial charge in [0, 0.05) is 32.7 Å². The number of nitrogens with one attached hydrogen (secondary N) is 3. The lowest BCUT2D eigenvalue weighted by Crippen LogP contribution is -2.43. The van der Waals surface area contributed by atoms with E-state index in [1.54, 1.807) is 24.3 Å². The van der Waals surface area contributed by atoms with E-state index in [2.05, 4.69) is 30.5 Å². The van der Waals surface area contributed by atoms with E-state index in [9.17, 15) is 22.8 Å². The number of ether oxygens (including phenoxy) is 1. The molecule has 2 aromatic carbocycles. The summed E-state index contributed by atoms with van der Waals surface area (Å²) in [5, 5.41) is 5.48. The monoisotopic (exact) mass is 592 g/mol. The lowest BCUT2D eigenvalue weighted by atomic mass is 10.1. The third kappa shape index (κ3) is 6.78. The molecule has 41 heavy (non-hydrogen) atoms. The number of imidazole rings is 2. The van der Waals surface area contributed by atoms with Crippen molar-refractivity contribution in [3.63, 3.8) is 0 Å². The summed E-state index contributed by atoms with van der Waals surface area (Å²) in [4.78, 5) is 38.9. The highest BCUT2D eigenvalue weighted by Crippen LogP contribution is 2.37. The van der Waals surface area contributed by atoms with Crippen LogP contribution in [0.15, 0.2) is 48.8 Å². The Morgan fingerprint density at radius 2 is 1.88 bits per heavy atom. The summed E-state index contributed by atoms with van der Waals surface area (Å²) in [7, 11) is 0. The highest BCUT2D eigenvalue weighted by molar-refractivity contribution is 6.10. The Bertz CT molecular complexity index is 1500. The Kier molecular flexibility index (Phi) is 9.15. The second-order valence-corrected chi connectivity index (χ2v) is 9.21. The van der Waals surface area contributed by atoms with Crippen molar-refractivity contribution in [1.29, 1.82) is 0 Å². The maximum absolute atomic E-state index is 13.9. The average Bonchev–Trinajstić information content (AvgIpc) is 3.56. The molecular formula is C26H28ClF3N8O3. The highest BCUT2D eigenvalue weighted by atomic mass is 35.5. The van der Waals surface area contributed by atoms with Gasteiger partial charge in [-0.1, -0.05) is 12.1 Å². The van der Waals surface area contributed by atoms with Crippen LogP contribution in [0.3, 0.4) is 0 Å². The van der Waals surface area contributed by atoms with Gasteiger partial charge in [-0.05, 0) is 36.8 Å². The van der Waals surface area contributed by atoms with E-state index in [0.29, 0.717) is 17.5 Å². The van der Waals surface area contributed by atoms with Crippen LogP contribution in [-0.2, 0) is 6.18 Å². The topological polar surface area (TPSA) is 143 Å². The van der Waals surface area contributed by atoms with Gasteiger partial charge in [0.05, 0.1) is 28.9 Å². The molecule has 0 spiro atoms. The molecule has 218 valence electrons. The number of aromatic amines is 1. The highest BCUT2D eigenvalue weighted by Gasteiger charge is 2.35. The first kappa shape index (κ1) is 29.8. The average molecular weight is 593 g/mol. The molecule has 1 saturated heterocycles. The molecule has 5 N–H and O–H groups in total. The van der Waals surface area contributed by atoms with Gasteiger partial charge in [0.2, 0.25) is 5.95 Å². The van der Waals surface area contributed by atoms with Crippen molar-refractivity contribution in [2.24, 2.45) is 5.73 Å². The van der Waals surface area contributed by atoms with E-state index in [1.807, 2.05) is 0 Å². The third-order valence-corrected chi connectivity index (χ3v) is 6.46. The minimum absolute atomic E-state index is 0. The van der Waals surface area contributed by atoms with E-state index < -0.39 is 34.9 Å². The Labute approximate surface area is 238 Å². The summed E-state index contributed by atoms with van der Waals surface area (Å²) in [6, 6.07) is 10.3. The van der Waals surface area contributed by atoms with Crippen molar-refractivity contribution < 1.29 is 27.5 Å². The number of nitrogens with zero attached hydrogens (tertiary/aromatic N) is 4. The summed E-state index contributed by atoms with van der Waals surface area (Å²) >= 11 is 0. The molecule has 4 aromatic rings. The SMILES string of the molecule is Cl.NC(=O)c1c(C(=O)Nc2ccc(OCCCN3CCNCC3)cc2C(F)(F)F)ncn1-c1nc2ccccc2[nH]1. The number of carbonyl (C=O) groups is 2. The van der Waals surface area contributed by atoms with Crippen molar-refractivity contribution >= 4 is 40.9 Å². The summed E-state index contributed by atoms with van der Waals surface area (Å²) in [6.07, 6.45) is -2.98. The van der Waals surface area contributed by atoms with Gasteiger partial charge in [-0.2, -0.15) is 13.2 Å². The number of alkyl halides is 3. The molecule has 0 bridgehead atoms. The maximum atomic E-state index is 13.9. The fraction of sp³-hybridized carbons (Fsp3) is 0.308. The number of rotatable bonds is 9. The largest absolute Gasteiger partial charge is 0.494 e. The number of fused-ring (bicyclic) bond motifs is 1. The number of piperazine rings is 1. The number of aromatic nitrogens is 4. The van der Waals surface area contributed by atoms with Crippen molar-refractivity contribution in [3.8, 4) is 11.7 Å². The van der Waals surface area contributed by atoms with E-state index in [-0.39, 0.29) is 36.4 Å². The fourth-order valence-corrected chi connectivity index (χ4v) is 4.52. The number of para-hydroxylation sites is 2. The molecule has 11 nitrogen and oxygen atoms in total. The maximum Gasteiger partial charge on any atom is 0.418 e. The van der Waals surface area contributed by atoms with Gasteiger partial charge in [0.25, 0.3) is 11.8 Å². The predicted molar refractivity (Wildman–Crippen MR) is 148 cm³/mol. The minimum Gasteiger partial charge on any atom is -0.494 e. The number of hydrogen-bond donors (Lipinski definition) is 4. The first-order chi connectivity index (χ1) is 19.2. The van der Waals surface area contributed by atoms with Crippen LogP contribution in [0.25, 0.3) is 17.0 Å². The first-order valence-electron chi connectivity index (χ1n) is 12.6. The Morgan fingerprint density at radius 1 is 1.12 bits per heavy atom. The standard InChI is InChI=1S/C26H27F3N8O3.ClH/c27-26(28,29)17-14-16(40-13-3-10-36-11-8-31-9-12-36)6-7-18(17)33-24(39)21-22(23(30)38)37(15-32-21)25-34-19-4-1-2-5-20(19)35-25;/h1-2,4-7,14-15,31H,3,8-13H2,(H2,30,38)(H,33,39)(H,34,35);1H. The number of benzene rings is 2. The number of hydrogen-bond acceptors (Lipinski definition) is 7. The Morgan fingerprint density at radius 3 is 2.59 bits per heavy atom. The van der Waals surface area contributed by atoms with E-state index >= 15 is 0 Å². The second-order valence-electron chi connectivity index (χ2n) is 9.21. The molecule has 1 aliphatic heterocycles. The molecule has 0 atom stereocenters. The van der Waals surface area contributed by atoms with Crippen LogP contribution in [0.5, 0.6) is 5.75 Å². The molecule has 0 saturated carbocycles. The number of anilines is 1. The summed E-state index contributed by atoms with van der Waals surface area (Å²) in [6.45, 7) is 4.67. The quantitative estimate of drug-likeness (QED) is 0.219. The number of H-pyrrole nitrogens is 1. The van der Waals surface area contributed by atoms with Gasteiger partial charge in [0.15, 0.2) is 5.69 Å². The van der Waals surface area contributed by atoms with Crippen LogP contribution in [0, 0.1) is 0 Å². The van der Waals surface area contributed by atoms with Gasteiger partial charge in [-0.25, -0.2) is 9.97 Å². The van der Waals surface area contributed by atoms with Gasteiger partial charge in [-0.3, -0.25) is 14.2 Å². The zero-order valence-electron chi connectivity index (χ0n) is 21.7. The van der Waals surface area contributed by atoms with Gasteiger partial charge < -0.3 is 31.0 Å². The van der Waals surface area contributed by atoms with Crippen LogP contribution in [-0.4, -0.2) is 75.6 Å². The molecule has 0 aliphatic carbocycles. The zero-order valence-corrected chi connectivity index (χ0v) is 22.5. The lowest BCUT2D eigenvalue weighted by Gasteiger charge is -2.27. The number of amides is 2. The van der Waals surface area contributed by atoms with Crippen LogP contribution in [0.2, 0.25) is 0 Å². The first-order valence-corrected chi connectivity index (χ1v) is 12.6. The summed E-state index contributed by atoms with van der Waals surface area (Å²) < 4.78 is 48.5. The molecule has 2 amide bonds. The van der Waals surface area contributed by atoms with Crippen LogP contribution in [0.4, 0.5) is 18.9 Å². The van der Waals surface area contributed by atoms with Crippen LogP contribution >= 0.6 is 12.4 Å². The van der Waals surface area contributed by atoms with E-state index in [1.165, 1.54) is 10.6 Å². The Hall–Kier alpha value is -4.14. The van der Waals surface area contributed by atoms with Crippen molar-refractivity contribution in [1.82, 2.24) is 29.7 Å². The number of nitrogens with two attached hydrogens (primary N) is 1. The van der Waals surface area contributed by atoms with Crippen LogP contribution in [0.1, 0.15) is 33.0 Å². The van der Waals surface area contributed by atoms with Crippen molar-refractivity contribution in [2.75, 3.05) is 44.6 Å². The molecule has 3 heterocycles. The summed E-state index contributed by atoms with van der Waals surface area (Å²) in [5.41, 5.74) is 4.37. The molecule has 2 aromatic heterocycles. The molecule has 0 unspecified atom stereocenters. The minimum atomic E-state index is -4.79. The van der Waals surface area contributed by atoms with Crippen molar-refractivity contribution in [3.05, 3.63) is 65.7 Å². The molecule has 15 heteroatoms. The summed E-state index contributed by atoms with van der Waals surface area (Å²) in [5.74, 6) is -1.86. The predicted octanol–water partition coefficient (Wildman–Crippen LogP) is 3.21. The lowest BCUT2D eigenvalue weighted by molar-refractivity contribution is -0.137. The van der Waals surface area contributed by atoms with E-state index in [4.69, 9.17) is 10.5 Å². The molecule has 1 fully saturated rings. The van der Waals surface area contributed by atoms with Gasteiger partial charge >= 0.3 is 6.18 Å². The molecular weight excluding hydrogens is 565 g/mol. The second kappa shape index (κ2) is 12.6. The Balaban J connectivity index is 0.00000387. The molecule has 5 rings (SSSR count). The van der Waals surface area contributed by atoms with Crippen molar-refractivity contribution in [2.45, 2.75) is 12.6 Å². The normalized spacial score (nSPS) is 14.0. The fourth-order valence-electron chi connectivity index (χ4n) is 4.52. The number of carbonyl (C=O) groups excluding carboxylic acids is 2. The zero-order chi connectivity index (χ0) is 28.3. The number of primary amides is 1. The van der Waals surface area contributed by atoms with Crippen LogP contribution < -0.4 is 21.1 Å². The molecule has 0 radical (unpaired) electrons. The number of halogens is 4. The third-order valence-electron chi connectivity index (χ3n) is 6.46. The van der Waals surface area contributed by atoms with Gasteiger partial charge in [-0.15, -0.1) is 12.4 Å². The molecule has 1 aliphatic rings. The van der Waals surface area contributed by atoms with E-state index in [0.717, 1.165) is 51.2 Å². The smallest absolute Gasteiger partial charge is 0.418 e. The van der Waals surface area contributed by atoms with Gasteiger partial charge in [0.1, 0.15) is 17.8 Å².